The van der Waals surface area contributed by atoms with Gasteiger partial charge in [0.25, 0.3) is 0 Å². The summed E-state index contributed by atoms with van der Waals surface area (Å²) in [6, 6.07) is 3.26. The highest BCUT2D eigenvalue weighted by atomic mass is 127. The van der Waals surface area contributed by atoms with Crippen LogP contribution >= 0.6 is 22.6 Å². The summed E-state index contributed by atoms with van der Waals surface area (Å²) in [5, 5.41) is 0. The van der Waals surface area contributed by atoms with Crippen molar-refractivity contribution in [1.82, 2.24) is 14.5 Å². The number of likely N-dealkylation sites (N-methyl/N-ethyl adjacent to an activating group) is 1. The summed E-state index contributed by atoms with van der Waals surface area (Å²) in [6.07, 6.45) is 1.13. The van der Waals surface area contributed by atoms with Gasteiger partial charge in [-0.25, -0.2) is 9.37 Å². The molecule has 20 heavy (non-hydrogen) atoms. The quantitative estimate of drug-likeness (QED) is 0.772. The lowest BCUT2D eigenvalue weighted by Gasteiger charge is -2.20. The summed E-state index contributed by atoms with van der Waals surface area (Å²) in [5.74, 6) is 0.231. The van der Waals surface area contributed by atoms with Crippen molar-refractivity contribution in [2.75, 3.05) is 25.4 Å². The van der Waals surface area contributed by atoms with Gasteiger partial charge in [0.1, 0.15) is 5.82 Å². The number of halogens is 2. The lowest BCUT2D eigenvalue weighted by atomic mass is 10.3. The number of hydrogen-bond acceptors (Lipinski definition) is 3. The molecule has 4 nitrogen and oxygen atoms in total. The van der Waals surface area contributed by atoms with Crippen LogP contribution in [0.5, 0.6) is 0 Å². The van der Waals surface area contributed by atoms with Gasteiger partial charge in [-0.2, -0.15) is 0 Å². The van der Waals surface area contributed by atoms with Crippen molar-refractivity contribution >= 4 is 39.6 Å². The maximum atomic E-state index is 13.7. The number of benzene rings is 1. The van der Waals surface area contributed by atoms with E-state index in [4.69, 9.17) is 5.73 Å². The van der Waals surface area contributed by atoms with Crippen LogP contribution in [-0.4, -0.2) is 34.1 Å². The molecule has 0 radical (unpaired) electrons. The molecule has 2 rings (SSSR count). The van der Waals surface area contributed by atoms with Crippen LogP contribution < -0.4 is 5.73 Å². The van der Waals surface area contributed by atoms with Crippen molar-refractivity contribution in [3.63, 3.8) is 0 Å². The summed E-state index contributed by atoms with van der Waals surface area (Å²) in [4.78, 5) is 6.67. The van der Waals surface area contributed by atoms with E-state index in [9.17, 15) is 4.39 Å². The molecule has 1 aromatic heterocycles. The molecule has 0 atom stereocenters. The highest BCUT2D eigenvalue weighted by Crippen LogP contribution is 2.22. The zero-order valence-corrected chi connectivity index (χ0v) is 14.0. The summed E-state index contributed by atoms with van der Waals surface area (Å²) >= 11 is 1.97. The SMILES string of the molecule is CCCN(CC)CCn1c(N)nc2cc(I)c(F)cc21. The Morgan fingerprint density at radius 2 is 2.10 bits per heavy atom. The molecule has 0 fully saturated rings. The van der Waals surface area contributed by atoms with E-state index in [1.54, 1.807) is 6.07 Å². The molecular formula is C14H20FIN4. The van der Waals surface area contributed by atoms with E-state index >= 15 is 0 Å². The van der Waals surface area contributed by atoms with Crippen LogP contribution in [0.1, 0.15) is 20.3 Å². The maximum absolute atomic E-state index is 13.7. The molecule has 0 aliphatic carbocycles. The van der Waals surface area contributed by atoms with Gasteiger partial charge in [0.15, 0.2) is 0 Å². The standard InChI is InChI=1S/C14H20FIN4/c1-3-5-19(4-2)6-7-20-13-8-10(15)11(16)9-12(13)18-14(20)17/h8-9H,3-7H2,1-2H3,(H2,17,18). The fourth-order valence-electron chi connectivity index (χ4n) is 2.36. The molecule has 6 heteroatoms. The molecule has 0 bridgehead atoms. The molecule has 0 unspecified atom stereocenters. The smallest absolute Gasteiger partial charge is 0.201 e. The van der Waals surface area contributed by atoms with Crippen LogP contribution in [0, 0.1) is 9.39 Å². The predicted molar refractivity (Wildman–Crippen MR) is 89.2 cm³/mol. The van der Waals surface area contributed by atoms with E-state index in [1.807, 2.05) is 27.2 Å². The molecule has 2 N–H and O–H groups in total. The summed E-state index contributed by atoms with van der Waals surface area (Å²) < 4.78 is 16.2. The Morgan fingerprint density at radius 1 is 1.35 bits per heavy atom. The van der Waals surface area contributed by atoms with Crippen LogP contribution in [0.4, 0.5) is 10.3 Å². The van der Waals surface area contributed by atoms with Gasteiger partial charge in [-0.1, -0.05) is 13.8 Å². The van der Waals surface area contributed by atoms with Crippen molar-refractivity contribution in [3.05, 3.63) is 21.5 Å². The fraction of sp³-hybridized carbons (Fsp3) is 0.500. The van der Waals surface area contributed by atoms with Gasteiger partial charge in [-0.05, 0) is 48.2 Å². The average molecular weight is 390 g/mol. The van der Waals surface area contributed by atoms with E-state index in [1.165, 1.54) is 6.07 Å². The number of nitrogens with zero attached hydrogens (tertiary/aromatic N) is 3. The van der Waals surface area contributed by atoms with Crippen LogP contribution in [0.2, 0.25) is 0 Å². The zero-order chi connectivity index (χ0) is 14.7. The Hall–Kier alpha value is -0.890. The Kier molecular flexibility index (Phi) is 5.20. The first-order valence-electron chi connectivity index (χ1n) is 6.89. The summed E-state index contributed by atoms with van der Waals surface area (Å²) in [6.45, 7) is 8.01. The molecule has 0 spiro atoms. The summed E-state index contributed by atoms with van der Waals surface area (Å²) in [7, 11) is 0. The van der Waals surface area contributed by atoms with Gasteiger partial charge >= 0.3 is 0 Å². The molecule has 0 saturated carbocycles. The topological polar surface area (TPSA) is 47.1 Å². The largest absolute Gasteiger partial charge is 0.369 e. The molecule has 0 aliphatic rings. The van der Waals surface area contributed by atoms with Crippen LogP contribution in [0.15, 0.2) is 12.1 Å². The van der Waals surface area contributed by atoms with Gasteiger partial charge in [0, 0.05) is 19.2 Å². The van der Waals surface area contributed by atoms with Gasteiger partial charge in [-0.15, -0.1) is 0 Å². The number of rotatable bonds is 6. The van der Waals surface area contributed by atoms with Gasteiger partial charge in [-0.3, -0.25) is 0 Å². The number of nitrogen functional groups attached to an aromatic ring is 1. The number of nitrogens with two attached hydrogens (primary N) is 1. The molecule has 0 saturated heterocycles. The number of anilines is 1. The fourth-order valence-corrected chi connectivity index (χ4v) is 2.81. The van der Waals surface area contributed by atoms with E-state index in [-0.39, 0.29) is 5.82 Å². The Labute approximate surface area is 132 Å². The number of fused-ring (bicyclic) bond motifs is 1. The lowest BCUT2D eigenvalue weighted by molar-refractivity contribution is 0.278. The van der Waals surface area contributed by atoms with Crippen molar-refractivity contribution in [1.29, 1.82) is 0 Å². The lowest BCUT2D eigenvalue weighted by Crippen LogP contribution is -2.28. The van der Waals surface area contributed by atoms with Gasteiger partial charge in [0.05, 0.1) is 14.6 Å². The first kappa shape index (κ1) is 15.5. The second-order valence-electron chi connectivity index (χ2n) is 4.81. The van der Waals surface area contributed by atoms with Crippen molar-refractivity contribution in [3.8, 4) is 0 Å². The number of hydrogen-bond donors (Lipinski definition) is 1. The molecule has 0 aliphatic heterocycles. The first-order valence-corrected chi connectivity index (χ1v) is 7.97. The Morgan fingerprint density at radius 3 is 2.75 bits per heavy atom. The summed E-state index contributed by atoms with van der Waals surface area (Å²) in [5.41, 5.74) is 7.49. The highest BCUT2D eigenvalue weighted by Gasteiger charge is 2.12. The highest BCUT2D eigenvalue weighted by molar-refractivity contribution is 14.1. The maximum Gasteiger partial charge on any atom is 0.201 e. The van der Waals surface area contributed by atoms with E-state index in [2.05, 4.69) is 23.7 Å². The molecule has 110 valence electrons. The van der Waals surface area contributed by atoms with Crippen molar-refractivity contribution < 1.29 is 4.39 Å². The van der Waals surface area contributed by atoms with E-state index < -0.39 is 0 Å². The number of imidazole rings is 1. The third-order valence-electron chi connectivity index (χ3n) is 3.45. The van der Waals surface area contributed by atoms with Gasteiger partial charge in [0.2, 0.25) is 5.95 Å². The minimum Gasteiger partial charge on any atom is -0.369 e. The second-order valence-corrected chi connectivity index (χ2v) is 5.97. The van der Waals surface area contributed by atoms with Crippen molar-refractivity contribution in [2.45, 2.75) is 26.8 Å². The molecule has 0 amide bonds. The van der Waals surface area contributed by atoms with E-state index in [0.29, 0.717) is 9.52 Å². The molecular weight excluding hydrogens is 370 g/mol. The predicted octanol–water partition coefficient (Wildman–Crippen LogP) is 3.09. The first-order chi connectivity index (χ1) is 9.56. The Bertz CT molecular complexity index is 596. The molecule has 2 aromatic rings. The minimum atomic E-state index is -0.222. The normalized spacial score (nSPS) is 11.7. The average Bonchev–Trinajstić information content (AvgIpc) is 2.70. The van der Waals surface area contributed by atoms with Crippen LogP contribution in [0.3, 0.4) is 0 Å². The Balaban J connectivity index is 2.25. The zero-order valence-electron chi connectivity index (χ0n) is 11.9. The van der Waals surface area contributed by atoms with Crippen LogP contribution in [0.25, 0.3) is 11.0 Å². The molecule has 1 heterocycles. The van der Waals surface area contributed by atoms with Crippen LogP contribution in [-0.2, 0) is 6.54 Å². The number of aromatic nitrogens is 2. The third kappa shape index (κ3) is 3.22. The minimum absolute atomic E-state index is 0.222. The second kappa shape index (κ2) is 6.71. The molecule has 1 aromatic carbocycles. The monoisotopic (exact) mass is 390 g/mol. The van der Waals surface area contributed by atoms with E-state index in [0.717, 1.165) is 43.6 Å². The van der Waals surface area contributed by atoms with Gasteiger partial charge < -0.3 is 15.2 Å². The van der Waals surface area contributed by atoms with Crippen molar-refractivity contribution in [2.24, 2.45) is 0 Å². The third-order valence-corrected chi connectivity index (χ3v) is 4.27.